The summed E-state index contributed by atoms with van der Waals surface area (Å²) >= 11 is 0. The topological polar surface area (TPSA) is 21.3 Å². The highest BCUT2D eigenvalue weighted by atomic mass is 16.5. The molecule has 0 fully saturated rings. The van der Waals surface area contributed by atoms with Crippen LogP contribution >= 0.6 is 0 Å². The van der Waals surface area contributed by atoms with Gasteiger partial charge in [0, 0.05) is 6.04 Å². The summed E-state index contributed by atoms with van der Waals surface area (Å²) in [7, 11) is 0. The van der Waals surface area contributed by atoms with Crippen molar-refractivity contribution in [2.45, 2.75) is 72.3 Å². The highest BCUT2D eigenvalue weighted by Crippen LogP contribution is 2.27. The van der Waals surface area contributed by atoms with Crippen molar-refractivity contribution < 1.29 is 4.74 Å². The van der Waals surface area contributed by atoms with Crippen LogP contribution in [0.15, 0.2) is 18.2 Å². The Bertz CT molecular complexity index is 420. The maximum Gasteiger partial charge on any atom is 0.122 e. The first-order valence-electron chi connectivity index (χ1n) is 8.32. The van der Waals surface area contributed by atoms with Crippen molar-refractivity contribution in [1.82, 2.24) is 5.32 Å². The second-order valence-electron chi connectivity index (χ2n) is 7.03. The van der Waals surface area contributed by atoms with Crippen LogP contribution in [0.2, 0.25) is 0 Å². The molecule has 0 saturated heterocycles. The molecule has 0 aliphatic carbocycles. The van der Waals surface area contributed by atoms with Gasteiger partial charge in [-0.3, -0.25) is 0 Å². The van der Waals surface area contributed by atoms with Gasteiger partial charge in [-0.05, 0) is 62.3 Å². The van der Waals surface area contributed by atoms with Crippen LogP contribution < -0.4 is 10.1 Å². The second-order valence-corrected chi connectivity index (χ2v) is 7.03. The van der Waals surface area contributed by atoms with E-state index in [1.807, 2.05) is 0 Å². The van der Waals surface area contributed by atoms with Crippen LogP contribution in [-0.2, 0) is 5.41 Å². The van der Waals surface area contributed by atoms with E-state index in [0.29, 0.717) is 6.04 Å². The van der Waals surface area contributed by atoms with Crippen molar-refractivity contribution in [3.63, 3.8) is 0 Å². The fraction of sp³-hybridized carbons (Fsp3) is 0.684. The van der Waals surface area contributed by atoms with Crippen molar-refractivity contribution in [1.29, 1.82) is 0 Å². The maximum absolute atomic E-state index is 5.93. The normalized spacial score (nSPS) is 13.2. The standard InChI is InChI=1S/C19H33NO/c1-7-20-16(3)10-8-9-13-21-18-12-11-17(14-15(18)2)19(4,5)6/h11-12,14,16,20H,7-10,13H2,1-6H3. The van der Waals surface area contributed by atoms with Gasteiger partial charge in [-0.2, -0.15) is 0 Å². The molecule has 1 rings (SSSR count). The molecule has 0 saturated carbocycles. The van der Waals surface area contributed by atoms with E-state index >= 15 is 0 Å². The third-order valence-corrected chi connectivity index (χ3v) is 3.88. The van der Waals surface area contributed by atoms with E-state index in [9.17, 15) is 0 Å². The molecule has 0 aliphatic rings. The number of benzene rings is 1. The van der Waals surface area contributed by atoms with Gasteiger partial charge < -0.3 is 10.1 Å². The van der Waals surface area contributed by atoms with Gasteiger partial charge in [0.05, 0.1) is 6.61 Å². The van der Waals surface area contributed by atoms with E-state index in [1.54, 1.807) is 0 Å². The molecular formula is C19H33NO. The summed E-state index contributed by atoms with van der Waals surface area (Å²) < 4.78 is 5.93. The van der Waals surface area contributed by atoms with E-state index in [2.05, 4.69) is 65.1 Å². The van der Waals surface area contributed by atoms with Gasteiger partial charge in [-0.25, -0.2) is 0 Å². The molecule has 0 aromatic heterocycles. The maximum atomic E-state index is 5.93. The summed E-state index contributed by atoms with van der Waals surface area (Å²) in [6.07, 6.45) is 3.56. The number of ether oxygens (including phenoxy) is 1. The lowest BCUT2D eigenvalue weighted by Crippen LogP contribution is -2.25. The fourth-order valence-corrected chi connectivity index (χ4v) is 2.46. The molecule has 2 nitrogen and oxygen atoms in total. The van der Waals surface area contributed by atoms with Crippen LogP contribution in [0.5, 0.6) is 5.75 Å². The second kappa shape index (κ2) is 8.43. The van der Waals surface area contributed by atoms with E-state index < -0.39 is 0 Å². The average molecular weight is 291 g/mol. The molecule has 0 aliphatic heterocycles. The molecule has 0 bridgehead atoms. The lowest BCUT2D eigenvalue weighted by molar-refractivity contribution is 0.299. The van der Waals surface area contributed by atoms with Crippen molar-refractivity contribution in [2.75, 3.05) is 13.2 Å². The number of hydrogen-bond donors (Lipinski definition) is 1. The molecule has 1 aromatic carbocycles. The summed E-state index contributed by atoms with van der Waals surface area (Å²) in [4.78, 5) is 0. The molecular weight excluding hydrogens is 258 g/mol. The third-order valence-electron chi connectivity index (χ3n) is 3.88. The zero-order valence-corrected chi connectivity index (χ0v) is 14.8. The summed E-state index contributed by atoms with van der Waals surface area (Å²) in [5.74, 6) is 1.03. The largest absolute Gasteiger partial charge is 0.493 e. The lowest BCUT2D eigenvalue weighted by Gasteiger charge is -2.20. The highest BCUT2D eigenvalue weighted by Gasteiger charge is 2.14. The average Bonchev–Trinajstić information content (AvgIpc) is 2.39. The molecule has 1 unspecified atom stereocenters. The summed E-state index contributed by atoms with van der Waals surface area (Å²) in [6, 6.07) is 7.18. The number of nitrogens with one attached hydrogen (secondary N) is 1. The summed E-state index contributed by atoms with van der Waals surface area (Å²) in [6.45, 7) is 15.1. The highest BCUT2D eigenvalue weighted by molar-refractivity contribution is 5.38. The molecule has 0 heterocycles. The van der Waals surface area contributed by atoms with Gasteiger partial charge in [-0.1, -0.05) is 39.8 Å². The first kappa shape index (κ1) is 18.0. The Morgan fingerprint density at radius 1 is 1.19 bits per heavy atom. The van der Waals surface area contributed by atoms with Gasteiger partial charge in [0.2, 0.25) is 0 Å². The zero-order chi connectivity index (χ0) is 15.9. The van der Waals surface area contributed by atoms with Gasteiger partial charge in [0.1, 0.15) is 5.75 Å². The first-order chi connectivity index (χ1) is 9.84. The van der Waals surface area contributed by atoms with Crippen molar-refractivity contribution in [2.24, 2.45) is 0 Å². The lowest BCUT2D eigenvalue weighted by atomic mass is 9.86. The Labute approximate surface area is 131 Å². The molecule has 120 valence electrons. The van der Waals surface area contributed by atoms with Crippen molar-refractivity contribution in [3.8, 4) is 5.75 Å². The van der Waals surface area contributed by atoms with E-state index in [1.165, 1.54) is 24.0 Å². The van der Waals surface area contributed by atoms with Crippen LogP contribution in [0.1, 0.15) is 65.0 Å². The predicted octanol–water partition coefficient (Wildman–Crippen LogP) is 4.84. The van der Waals surface area contributed by atoms with Gasteiger partial charge in [-0.15, -0.1) is 0 Å². The quantitative estimate of drug-likeness (QED) is 0.692. The van der Waals surface area contributed by atoms with Crippen LogP contribution in [0, 0.1) is 6.92 Å². The number of unbranched alkanes of at least 4 members (excludes halogenated alkanes) is 1. The van der Waals surface area contributed by atoms with Crippen molar-refractivity contribution >= 4 is 0 Å². The molecule has 1 N–H and O–H groups in total. The Morgan fingerprint density at radius 3 is 2.48 bits per heavy atom. The van der Waals surface area contributed by atoms with Crippen LogP contribution in [0.25, 0.3) is 0 Å². The molecule has 1 aromatic rings. The summed E-state index contributed by atoms with van der Waals surface area (Å²) in [5, 5.41) is 3.44. The fourth-order valence-electron chi connectivity index (χ4n) is 2.46. The molecule has 0 amide bonds. The SMILES string of the molecule is CCNC(C)CCCCOc1ccc(C(C)(C)C)cc1C. The minimum absolute atomic E-state index is 0.200. The third kappa shape index (κ3) is 6.52. The number of aryl methyl sites for hydroxylation is 1. The zero-order valence-electron chi connectivity index (χ0n) is 14.8. The van der Waals surface area contributed by atoms with Crippen LogP contribution in [0.3, 0.4) is 0 Å². The Balaban J connectivity index is 2.36. The Kier molecular flexibility index (Phi) is 7.24. The van der Waals surface area contributed by atoms with E-state index in [-0.39, 0.29) is 5.41 Å². The number of hydrogen-bond acceptors (Lipinski definition) is 2. The predicted molar refractivity (Wildman–Crippen MR) is 92.4 cm³/mol. The van der Waals surface area contributed by atoms with Crippen LogP contribution in [-0.4, -0.2) is 19.2 Å². The Morgan fingerprint density at radius 2 is 1.90 bits per heavy atom. The molecule has 0 radical (unpaired) electrons. The van der Waals surface area contributed by atoms with Crippen molar-refractivity contribution in [3.05, 3.63) is 29.3 Å². The van der Waals surface area contributed by atoms with Gasteiger partial charge in [0.25, 0.3) is 0 Å². The Hall–Kier alpha value is -1.02. The first-order valence-corrected chi connectivity index (χ1v) is 8.32. The van der Waals surface area contributed by atoms with E-state index in [4.69, 9.17) is 4.74 Å². The minimum atomic E-state index is 0.200. The smallest absolute Gasteiger partial charge is 0.122 e. The van der Waals surface area contributed by atoms with E-state index in [0.717, 1.165) is 25.3 Å². The monoisotopic (exact) mass is 291 g/mol. The molecule has 21 heavy (non-hydrogen) atoms. The minimum Gasteiger partial charge on any atom is -0.493 e. The molecule has 1 atom stereocenters. The molecule has 2 heteroatoms. The summed E-state index contributed by atoms with van der Waals surface area (Å²) in [5.41, 5.74) is 2.81. The number of rotatable bonds is 8. The van der Waals surface area contributed by atoms with Crippen LogP contribution in [0.4, 0.5) is 0 Å². The molecule has 0 spiro atoms. The van der Waals surface area contributed by atoms with Gasteiger partial charge in [0.15, 0.2) is 0 Å². The van der Waals surface area contributed by atoms with Gasteiger partial charge >= 0.3 is 0 Å².